The van der Waals surface area contributed by atoms with Crippen LogP contribution in [0.5, 0.6) is 0 Å². The highest BCUT2D eigenvalue weighted by Gasteiger charge is 2.11. The molecule has 0 saturated heterocycles. The Morgan fingerprint density at radius 1 is 1.28 bits per heavy atom. The van der Waals surface area contributed by atoms with Gasteiger partial charge in [-0.15, -0.1) is 0 Å². The summed E-state index contributed by atoms with van der Waals surface area (Å²) in [6.07, 6.45) is 1.71. The molecule has 4 heteroatoms. The topological polar surface area (TPSA) is 36.7 Å². The number of rotatable bonds is 3. The van der Waals surface area contributed by atoms with Crippen molar-refractivity contribution < 1.29 is 0 Å². The SMILES string of the molecule is CC(Sc1ncccc1C#N)c1ccc(Cl)cc1. The molecule has 2 nitrogen and oxygen atoms in total. The van der Waals surface area contributed by atoms with E-state index in [4.69, 9.17) is 16.9 Å². The fraction of sp³-hybridized carbons (Fsp3) is 0.143. The van der Waals surface area contributed by atoms with E-state index in [0.717, 1.165) is 10.0 Å². The van der Waals surface area contributed by atoms with E-state index in [0.29, 0.717) is 5.56 Å². The summed E-state index contributed by atoms with van der Waals surface area (Å²) in [6, 6.07) is 13.4. The molecule has 0 spiro atoms. The molecule has 0 saturated carbocycles. The van der Waals surface area contributed by atoms with Gasteiger partial charge in [-0.2, -0.15) is 5.26 Å². The second kappa shape index (κ2) is 5.90. The van der Waals surface area contributed by atoms with Crippen LogP contribution in [0.4, 0.5) is 0 Å². The standard InChI is InChI=1S/C14H11ClN2S/c1-10(11-4-6-13(15)7-5-11)18-14-12(9-16)3-2-8-17-14/h2-8,10H,1H3. The lowest BCUT2D eigenvalue weighted by Gasteiger charge is -2.11. The third-order valence-electron chi connectivity index (χ3n) is 2.52. The first-order valence-electron chi connectivity index (χ1n) is 5.48. The molecule has 1 unspecified atom stereocenters. The Hall–Kier alpha value is -1.50. The summed E-state index contributed by atoms with van der Waals surface area (Å²) >= 11 is 7.44. The Morgan fingerprint density at radius 3 is 2.67 bits per heavy atom. The third kappa shape index (κ3) is 3.04. The average molecular weight is 275 g/mol. The van der Waals surface area contributed by atoms with Crippen LogP contribution in [-0.4, -0.2) is 4.98 Å². The van der Waals surface area contributed by atoms with Crippen LogP contribution >= 0.6 is 23.4 Å². The summed E-state index contributed by atoms with van der Waals surface area (Å²) < 4.78 is 0. The van der Waals surface area contributed by atoms with Gasteiger partial charge in [0.2, 0.25) is 0 Å². The van der Waals surface area contributed by atoms with Gasteiger partial charge in [-0.25, -0.2) is 4.98 Å². The first-order valence-corrected chi connectivity index (χ1v) is 6.73. The van der Waals surface area contributed by atoms with E-state index in [9.17, 15) is 0 Å². The molecule has 0 aliphatic carbocycles. The van der Waals surface area contributed by atoms with Crippen molar-refractivity contribution in [1.82, 2.24) is 4.98 Å². The smallest absolute Gasteiger partial charge is 0.114 e. The van der Waals surface area contributed by atoms with Crippen molar-refractivity contribution in [2.75, 3.05) is 0 Å². The van der Waals surface area contributed by atoms with Gasteiger partial charge in [-0.3, -0.25) is 0 Å². The molecular weight excluding hydrogens is 264 g/mol. The zero-order chi connectivity index (χ0) is 13.0. The summed E-state index contributed by atoms with van der Waals surface area (Å²) in [6.45, 7) is 2.09. The van der Waals surface area contributed by atoms with Gasteiger partial charge in [-0.1, -0.05) is 35.5 Å². The molecule has 18 heavy (non-hydrogen) atoms. The van der Waals surface area contributed by atoms with Crippen molar-refractivity contribution >= 4 is 23.4 Å². The molecule has 0 aliphatic rings. The first kappa shape index (κ1) is 12.9. The molecular formula is C14H11ClN2S. The van der Waals surface area contributed by atoms with Crippen LogP contribution in [0.15, 0.2) is 47.6 Å². The van der Waals surface area contributed by atoms with Crippen molar-refractivity contribution in [3.63, 3.8) is 0 Å². The summed E-state index contributed by atoms with van der Waals surface area (Å²) in [5.41, 5.74) is 1.78. The van der Waals surface area contributed by atoms with Crippen molar-refractivity contribution in [3.05, 3.63) is 58.7 Å². The van der Waals surface area contributed by atoms with Gasteiger partial charge in [0.1, 0.15) is 11.1 Å². The second-order valence-electron chi connectivity index (χ2n) is 3.78. The minimum absolute atomic E-state index is 0.226. The van der Waals surface area contributed by atoms with Gasteiger partial charge in [-0.05, 0) is 36.8 Å². The molecule has 0 radical (unpaired) electrons. The zero-order valence-corrected chi connectivity index (χ0v) is 11.4. The Labute approximate surface area is 116 Å². The number of pyridine rings is 1. The van der Waals surface area contributed by atoms with Gasteiger partial charge in [0, 0.05) is 16.5 Å². The first-order chi connectivity index (χ1) is 8.70. The molecule has 1 heterocycles. The highest BCUT2D eigenvalue weighted by Crippen LogP contribution is 2.35. The van der Waals surface area contributed by atoms with E-state index in [1.165, 1.54) is 5.56 Å². The summed E-state index contributed by atoms with van der Waals surface area (Å²) in [5, 5.41) is 10.7. The van der Waals surface area contributed by atoms with Crippen molar-refractivity contribution in [2.45, 2.75) is 17.2 Å². The van der Waals surface area contributed by atoms with Crippen LogP contribution in [0.25, 0.3) is 0 Å². The molecule has 2 aromatic rings. The number of nitriles is 1. The molecule has 0 bridgehead atoms. The largest absolute Gasteiger partial charge is 0.249 e. The lowest BCUT2D eigenvalue weighted by Crippen LogP contribution is -1.91. The van der Waals surface area contributed by atoms with Crippen molar-refractivity contribution in [1.29, 1.82) is 5.26 Å². The number of nitrogens with zero attached hydrogens (tertiary/aromatic N) is 2. The summed E-state index contributed by atoms with van der Waals surface area (Å²) in [7, 11) is 0. The Balaban J connectivity index is 2.19. The molecule has 1 aromatic heterocycles. The Morgan fingerprint density at radius 2 is 2.00 bits per heavy atom. The van der Waals surface area contributed by atoms with E-state index in [1.807, 2.05) is 24.3 Å². The van der Waals surface area contributed by atoms with Gasteiger partial charge in [0.05, 0.1) is 5.56 Å². The number of benzene rings is 1. The van der Waals surface area contributed by atoms with Gasteiger partial charge < -0.3 is 0 Å². The van der Waals surface area contributed by atoms with Gasteiger partial charge in [0.25, 0.3) is 0 Å². The number of hydrogen-bond donors (Lipinski definition) is 0. The minimum Gasteiger partial charge on any atom is -0.249 e. The fourth-order valence-corrected chi connectivity index (χ4v) is 2.66. The molecule has 2 rings (SSSR count). The summed E-state index contributed by atoms with van der Waals surface area (Å²) in [4.78, 5) is 4.25. The number of aromatic nitrogens is 1. The predicted molar refractivity (Wildman–Crippen MR) is 74.7 cm³/mol. The minimum atomic E-state index is 0.226. The van der Waals surface area contributed by atoms with Crippen LogP contribution in [0.3, 0.4) is 0 Å². The molecule has 1 aromatic carbocycles. The maximum absolute atomic E-state index is 9.02. The highest BCUT2D eigenvalue weighted by molar-refractivity contribution is 7.99. The molecule has 90 valence electrons. The van der Waals surface area contributed by atoms with E-state index < -0.39 is 0 Å². The van der Waals surface area contributed by atoms with Crippen LogP contribution in [0, 0.1) is 11.3 Å². The van der Waals surface area contributed by atoms with Crippen LogP contribution in [-0.2, 0) is 0 Å². The lowest BCUT2D eigenvalue weighted by molar-refractivity contribution is 1.05. The fourth-order valence-electron chi connectivity index (χ4n) is 1.54. The maximum atomic E-state index is 9.02. The number of hydrogen-bond acceptors (Lipinski definition) is 3. The molecule has 0 amide bonds. The van der Waals surface area contributed by atoms with Crippen LogP contribution in [0.2, 0.25) is 5.02 Å². The summed E-state index contributed by atoms with van der Waals surface area (Å²) in [5.74, 6) is 0. The van der Waals surface area contributed by atoms with Crippen molar-refractivity contribution in [3.8, 4) is 6.07 Å². The van der Waals surface area contributed by atoms with Crippen molar-refractivity contribution in [2.24, 2.45) is 0 Å². The Bertz CT molecular complexity index is 575. The number of thioether (sulfide) groups is 1. The lowest BCUT2D eigenvalue weighted by atomic mass is 10.2. The monoisotopic (exact) mass is 274 g/mol. The Kier molecular flexibility index (Phi) is 4.24. The van der Waals surface area contributed by atoms with E-state index in [1.54, 1.807) is 30.1 Å². The molecule has 1 atom stereocenters. The molecule has 0 aliphatic heterocycles. The van der Waals surface area contributed by atoms with Gasteiger partial charge >= 0.3 is 0 Å². The third-order valence-corrected chi connectivity index (χ3v) is 3.95. The maximum Gasteiger partial charge on any atom is 0.114 e. The number of halogens is 1. The van der Waals surface area contributed by atoms with E-state index >= 15 is 0 Å². The highest BCUT2D eigenvalue weighted by atomic mass is 35.5. The van der Waals surface area contributed by atoms with E-state index in [-0.39, 0.29) is 5.25 Å². The quantitative estimate of drug-likeness (QED) is 0.776. The van der Waals surface area contributed by atoms with Crippen LogP contribution < -0.4 is 0 Å². The molecule has 0 N–H and O–H groups in total. The van der Waals surface area contributed by atoms with Gasteiger partial charge in [0.15, 0.2) is 0 Å². The predicted octanol–water partition coefficient (Wildman–Crippen LogP) is 4.46. The van der Waals surface area contributed by atoms with E-state index in [2.05, 4.69) is 18.0 Å². The average Bonchev–Trinajstić information content (AvgIpc) is 2.40. The second-order valence-corrected chi connectivity index (χ2v) is 5.55. The van der Waals surface area contributed by atoms with Crippen LogP contribution in [0.1, 0.15) is 23.3 Å². The normalized spacial score (nSPS) is 11.8. The molecule has 0 fully saturated rings. The zero-order valence-electron chi connectivity index (χ0n) is 9.80.